The van der Waals surface area contributed by atoms with E-state index >= 15 is 0 Å². The van der Waals surface area contributed by atoms with Crippen LogP contribution in [0.1, 0.15) is 30.0 Å². The molecule has 4 rings (SSSR count). The number of methoxy groups -OCH3 is 1. The molecule has 8 heteroatoms. The molecular weight excluding hydrogens is 460 g/mol. The van der Waals surface area contributed by atoms with Crippen LogP contribution in [0.25, 0.3) is 0 Å². The van der Waals surface area contributed by atoms with Gasteiger partial charge in [-0.1, -0.05) is 35.9 Å². The predicted octanol–water partition coefficient (Wildman–Crippen LogP) is 4.74. The summed E-state index contributed by atoms with van der Waals surface area (Å²) in [5.74, 6) is 0.218. The molecular formula is C25H25ClN2O4S. The quantitative estimate of drug-likeness (QED) is 0.525. The first-order valence-corrected chi connectivity index (χ1v) is 12.5. The maximum atomic E-state index is 13.5. The molecule has 0 fully saturated rings. The topological polar surface area (TPSA) is 75.7 Å². The van der Waals surface area contributed by atoms with Crippen molar-refractivity contribution >= 4 is 33.2 Å². The van der Waals surface area contributed by atoms with Crippen LogP contribution in [-0.4, -0.2) is 28.0 Å². The highest BCUT2D eigenvalue weighted by atomic mass is 35.5. The molecule has 0 heterocycles. The molecule has 33 heavy (non-hydrogen) atoms. The summed E-state index contributed by atoms with van der Waals surface area (Å²) < 4.78 is 33.3. The highest BCUT2D eigenvalue weighted by molar-refractivity contribution is 7.92. The van der Waals surface area contributed by atoms with Gasteiger partial charge in [0.15, 0.2) is 0 Å². The van der Waals surface area contributed by atoms with Crippen molar-refractivity contribution in [2.75, 3.05) is 18.0 Å². The molecule has 1 aliphatic rings. The summed E-state index contributed by atoms with van der Waals surface area (Å²) >= 11 is 5.94. The number of nitrogens with one attached hydrogen (secondary N) is 1. The van der Waals surface area contributed by atoms with E-state index in [2.05, 4.69) is 11.4 Å². The third-order valence-electron chi connectivity index (χ3n) is 5.75. The first-order valence-electron chi connectivity index (χ1n) is 10.7. The lowest BCUT2D eigenvalue weighted by Crippen LogP contribution is -2.42. The summed E-state index contributed by atoms with van der Waals surface area (Å²) in [6, 6.07) is 20.4. The van der Waals surface area contributed by atoms with E-state index in [9.17, 15) is 13.2 Å². The number of carbonyl (C=O) groups excluding carboxylic acids is 1. The summed E-state index contributed by atoms with van der Waals surface area (Å²) in [6.07, 6.45) is 2.76. The van der Waals surface area contributed by atoms with Gasteiger partial charge in [-0.3, -0.25) is 9.10 Å². The molecule has 1 unspecified atom stereocenters. The van der Waals surface area contributed by atoms with Gasteiger partial charge in [0.25, 0.3) is 10.0 Å². The molecule has 0 aromatic heterocycles. The summed E-state index contributed by atoms with van der Waals surface area (Å²) in [7, 11) is -2.48. The maximum Gasteiger partial charge on any atom is 0.264 e. The maximum absolute atomic E-state index is 13.5. The molecule has 172 valence electrons. The van der Waals surface area contributed by atoms with Gasteiger partial charge in [0, 0.05) is 5.02 Å². The lowest BCUT2D eigenvalue weighted by atomic mass is 9.88. The van der Waals surface area contributed by atoms with E-state index in [0.717, 1.165) is 29.1 Å². The van der Waals surface area contributed by atoms with Crippen LogP contribution in [0.15, 0.2) is 77.7 Å². The predicted molar refractivity (Wildman–Crippen MR) is 129 cm³/mol. The SMILES string of the molecule is COc1ccc(N(CC(=O)NC2CCCc3ccccc32)S(=O)(=O)c2ccc(Cl)cc2)cc1. The molecule has 3 aromatic rings. The number of fused-ring (bicyclic) bond motifs is 1. The van der Waals surface area contributed by atoms with Gasteiger partial charge < -0.3 is 10.1 Å². The molecule has 0 saturated heterocycles. The highest BCUT2D eigenvalue weighted by Gasteiger charge is 2.29. The Kier molecular flexibility index (Phi) is 6.91. The van der Waals surface area contributed by atoms with E-state index in [1.165, 1.54) is 36.9 Å². The van der Waals surface area contributed by atoms with Crippen molar-refractivity contribution in [3.05, 3.63) is 88.9 Å². The van der Waals surface area contributed by atoms with Crippen LogP contribution in [0.4, 0.5) is 5.69 Å². The highest BCUT2D eigenvalue weighted by Crippen LogP contribution is 2.30. The lowest BCUT2D eigenvalue weighted by Gasteiger charge is -2.28. The third kappa shape index (κ3) is 5.15. The summed E-state index contributed by atoms with van der Waals surface area (Å²) in [5, 5.41) is 3.47. The number of hydrogen-bond donors (Lipinski definition) is 1. The van der Waals surface area contributed by atoms with Crippen LogP contribution in [0, 0.1) is 0 Å². The minimum absolute atomic E-state index is 0.0542. The van der Waals surface area contributed by atoms with Crippen LogP contribution in [0.3, 0.4) is 0 Å². The normalized spacial score (nSPS) is 15.4. The van der Waals surface area contributed by atoms with Crippen molar-refractivity contribution in [2.24, 2.45) is 0 Å². The molecule has 6 nitrogen and oxygen atoms in total. The zero-order chi connectivity index (χ0) is 23.4. The minimum atomic E-state index is -4.01. The largest absolute Gasteiger partial charge is 0.497 e. The zero-order valence-corrected chi connectivity index (χ0v) is 19.8. The molecule has 0 aliphatic heterocycles. The molecule has 1 atom stereocenters. The van der Waals surface area contributed by atoms with Crippen molar-refractivity contribution in [1.82, 2.24) is 5.32 Å². The van der Waals surface area contributed by atoms with Crippen molar-refractivity contribution in [1.29, 1.82) is 0 Å². The number of sulfonamides is 1. The minimum Gasteiger partial charge on any atom is -0.497 e. The van der Waals surface area contributed by atoms with Gasteiger partial charge >= 0.3 is 0 Å². The molecule has 3 aromatic carbocycles. The van der Waals surface area contributed by atoms with E-state index < -0.39 is 10.0 Å². The van der Waals surface area contributed by atoms with Crippen molar-refractivity contribution in [3.8, 4) is 5.75 Å². The zero-order valence-electron chi connectivity index (χ0n) is 18.2. The Bertz CT molecular complexity index is 1230. The number of anilines is 1. The number of halogens is 1. The Labute approximate surface area is 199 Å². The number of carbonyl (C=O) groups is 1. The fourth-order valence-corrected chi connectivity index (χ4v) is 5.62. The lowest BCUT2D eigenvalue weighted by molar-refractivity contribution is -0.120. The van der Waals surface area contributed by atoms with Crippen LogP contribution in [-0.2, 0) is 21.2 Å². The number of benzene rings is 3. The van der Waals surface area contributed by atoms with E-state index in [0.29, 0.717) is 16.5 Å². The summed E-state index contributed by atoms with van der Waals surface area (Å²) in [5.41, 5.74) is 2.67. The number of amides is 1. The number of rotatable bonds is 7. The van der Waals surface area contributed by atoms with Gasteiger partial charge in [0.05, 0.1) is 23.7 Å². The number of nitrogens with zero attached hydrogens (tertiary/aromatic N) is 1. The average Bonchev–Trinajstić information content (AvgIpc) is 2.83. The smallest absolute Gasteiger partial charge is 0.264 e. The van der Waals surface area contributed by atoms with Gasteiger partial charge in [0.2, 0.25) is 5.91 Å². The Morgan fingerprint density at radius 3 is 2.45 bits per heavy atom. The standard InChI is InChI=1S/C25H25ClN2O4S/c1-32-21-13-11-20(12-14-21)28(33(30,31)22-15-9-19(26)10-16-22)17-25(29)27-24-8-4-6-18-5-2-3-7-23(18)24/h2-3,5,7,9-16,24H,4,6,8,17H2,1H3,(H,27,29). The Balaban J connectivity index is 1.62. The third-order valence-corrected chi connectivity index (χ3v) is 7.79. The van der Waals surface area contributed by atoms with Crippen LogP contribution in [0.2, 0.25) is 5.02 Å². The van der Waals surface area contributed by atoms with Crippen molar-refractivity contribution < 1.29 is 17.9 Å². The second kappa shape index (κ2) is 9.85. The summed E-state index contributed by atoms with van der Waals surface area (Å²) in [6.45, 7) is -0.351. The Morgan fingerprint density at radius 1 is 1.06 bits per heavy atom. The van der Waals surface area contributed by atoms with E-state index in [1.807, 2.05) is 18.2 Å². The van der Waals surface area contributed by atoms with Gasteiger partial charge in [-0.2, -0.15) is 0 Å². The molecule has 1 N–H and O–H groups in total. The van der Waals surface area contributed by atoms with Crippen LogP contribution < -0.4 is 14.4 Å². The average molecular weight is 485 g/mol. The first-order chi connectivity index (χ1) is 15.9. The van der Waals surface area contributed by atoms with E-state index in [1.54, 1.807) is 24.3 Å². The molecule has 1 amide bonds. The second-order valence-corrected chi connectivity index (χ2v) is 10.2. The van der Waals surface area contributed by atoms with Gasteiger partial charge in [0.1, 0.15) is 12.3 Å². The second-order valence-electron chi connectivity index (χ2n) is 7.87. The van der Waals surface area contributed by atoms with Gasteiger partial charge in [-0.15, -0.1) is 0 Å². The monoisotopic (exact) mass is 484 g/mol. The number of ether oxygens (including phenoxy) is 1. The van der Waals surface area contributed by atoms with Crippen LogP contribution >= 0.6 is 11.6 Å². The van der Waals surface area contributed by atoms with E-state index in [-0.39, 0.29) is 23.4 Å². The Morgan fingerprint density at radius 2 is 1.76 bits per heavy atom. The van der Waals surface area contributed by atoms with E-state index in [4.69, 9.17) is 16.3 Å². The molecule has 0 bridgehead atoms. The fourth-order valence-electron chi connectivity index (χ4n) is 4.07. The molecule has 0 radical (unpaired) electrons. The van der Waals surface area contributed by atoms with Gasteiger partial charge in [-0.05, 0) is 78.9 Å². The first kappa shape index (κ1) is 23.1. The number of hydrogen-bond acceptors (Lipinski definition) is 4. The molecule has 0 saturated carbocycles. The van der Waals surface area contributed by atoms with Gasteiger partial charge in [-0.25, -0.2) is 8.42 Å². The molecule has 0 spiro atoms. The summed E-state index contributed by atoms with van der Waals surface area (Å²) in [4.78, 5) is 13.2. The number of aryl methyl sites for hydroxylation is 1. The molecule has 1 aliphatic carbocycles. The Hall–Kier alpha value is -3.03. The van der Waals surface area contributed by atoms with Crippen molar-refractivity contribution in [3.63, 3.8) is 0 Å². The van der Waals surface area contributed by atoms with Crippen molar-refractivity contribution in [2.45, 2.75) is 30.2 Å². The fraction of sp³-hybridized carbons (Fsp3) is 0.240. The van der Waals surface area contributed by atoms with Crippen LogP contribution in [0.5, 0.6) is 5.75 Å².